The molecule has 0 saturated carbocycles. The molecule has 0 amide bonds. The van der Waals surface area contributed by atoms with Crippen molar-refractivity contribution in [2.75, 3.05) is 0 Å². The molecule has 0 aromatic carbocycles. The lowest BCUT2D eigenvalue weighted by atomic mass is 9.88. The molecule has 0 aromatic heterocycles. The summed E-state index contributed by atoms with van der Waals surface area (Å²) in [5, 5.41) is 16.7. The minimum absolute atomic E-state index is 0.490. The second-order valence-corrected chi connectivity index (χ2v) is 2.85. The van der Waals surface area contributed by atoms with Crippen molar-refractivity contribution in [2.45, 2.75) is 13.3 Å². The quantitative estimate of drug-likeness (QED) is 0.600. The fraction of sp³-hybridized carbons (Fsp3) is 0.500. The molecule has 2 unspecified atom stereocenters. The van der Waals surface area contributed by atoms with Crippen LogP contribution in [0.15, 0.2) is 0 Å². The highest BCUT2D eigenvalue weighted by Gasteiger charge is 2.29. The van der Waals surface area contributed by atoms with Crippen molar-refractivity contribution in [3.05, 3.63) is 6.92 Å². The minimum atomic E-state index is -1.61. The average molecular weight is 187 g/mol. The van der Waals surface area contributed by atoms with Gasteiger partial charge in [0.2, 0.25) is 5.78 Å². The van der Waals surface area contributed by atoms with Crippen LogP contribution in [0.5, 0.6) is 0 Å². The fourth-order valence-electron chi connectivity index (χ4n) is 0.899. The van der Waals surface area contributed by atoms with Crippen LogP contribution in [-0.4, -0.2) is 27.9 Å². The zero-order valence-corrected chi connectivity index (χ0v) is 7.19. The monoisotopic (exact) mass is 187 g/mol. The smallest absolute Gasteiger partial charge is 0.372 e. The van der Waals surface area contributed by atoms with Gasteiger partial charge in [-0.25, -0.2) is 4.79 Å². The molecule has 5 nitrogen and oxygen atoms in total. The van der Waals surface area contributed by atoms with Gasteiger partial charge in [-0.2, -0.15) is 0 Å². The molecule has 0 aromatic rings. The van der Waals surface area contributed by atoms with Crippen molar-refractivity contribution >= 4 is 17.7 Å². The summed E-state index contributed by atoms with van der Waals surface area (Å²) in [5.74, 6) is -5.48. The number of aliphatic carboxylic acids is 2. The Labute approximate surface area is 75.4 Å². The summed E-state index contributed by atoms with van der Waals surface area (Å²) in [6, 6.07) is 0. The Hall–Kier alpha value is -1.39. The van der Waals surface area contributed by atoms with Gasteiger partial charge in [-0.15, -0.1) is 0 Å². The Morgan fingerprint density at radius 2 is 1.77 bits per heavy atom. The molecule has 2 atom stereocenters. The molecule has 0 bridgehead atoms. The van der Waals surface area contributed by atoms with Gasteiger partial charge in [-0.1, -0.05) is 6.92 Å². The van der Waals surface area contributed by atoms with Gasteiger partial charge in [-0.05, 0) is 12.8 Å². The Morgan fingerprint density at radius 3 is 2.00 bits per heavy atom. The lowest BCUT2D eigenvalue weighted by Crippen LogP contribution is -2.29. The van der Waals surface area contributed by atoms with E-state index >= 15 is 0 Å². The standard InChI is InChI=1S/C8H11O5/c1-4(2)5(3-6(9)10)7(11)8(12)13/h4-5H,1,3H2,2H3,(H,9,10)(H,12,13). The van der Waals surface area contributed by atoms with Gasteiger partial charge in [0.15, 0.2) is 0 Å². The van der Waals surface area contributed by atoms with Crippen LogP contribution in [0.25, 0.3) is 0 Å². The summed E-state index contributed by atoms with van der Waals surface area (Å²) in [6.45, 7) is 4.96. The highest BCUT2D eigenvalue weighted by atomic mass is 16.4. The zero-order chi connectivity index (χ0) is 10.6. The van der Waals surface area contributed by atoms with E-state index in [1.807, 2.05) is 0 Å². The number of carboxylic acids is 2. The maximum Gasteiger partial charge on any atom is 0.372 e. The average Bonchev–Trinajstić information content (AvgIpc) is 1.97. The molecule has 0 rings (SSSR count). The van der Waals surface area contributed by atoms with Crippen LogP contribution in [0.2, 0.25) is 0 Å². The lowest BCUT2D eigenvalue weighted by Gasteiger charge is -2.14. The van der Waals surface area contributed by atoms with Crippen LogP contribution < -0.4 is 0 Å². The Bertz CT molecular complexity index is 231. The van der Waals surface area contributed by atoms with Crippen LogP contribution >= 0.6 is 0 Å². The molecule has 0 aliphatic rings. The van der Waals surface area contributed by atoms with E-state index in [-0.39, 0.29) is 0 Å². The third-order valence-corrected chi connectivity index (χ3v) is 1.63. The molecule has 1 radical (unpaired) electrons. The van der Waals surface area contributed by atoms with Gasteiger partial charge in [0, 0.05) is 5.92 Å². The van der Waals surface area contributed by atoms with Gasteiger partial charge in [0.05, 0.1) is 6.42 Å². The summed E-state index contributed by atoms with van der Waals surface area (Å²) < 4.78 is 0. The topological polar surface area (TPSA) is 91.7 Å². The molecule has 0 aliphatic heterocycles. The first-order valence-electron chi connectivity index (χ1n) is 3.68. The number of Topliss-reactive ketones (excluding diaryl/α,β-unsaturated/α-hetero) is 1. The molecular formula is C8H11O5. The molecular weight excluding hydrogens is 176 g/mol. The van der Waals surface area contributed by atoms with E-state index in [0.717, 1.165) is 0 Å². The van der Waals surface area contributed by atoms with E-state index in [0.29, 0.717) is 0 Å². The maximum atomic E-state index is 10.9. The highest BCUT2D eigenvalue weighted by molar-refractivity contribution is 6.33. The molecule has 0 saturated heterocycles. The predicted molar refractivity (Wildman–Crippen MR) is 42.9 cm³/mol. The number of carboxylic acid groups (broad SMARTS) is 2. The maximum absolute atomic E-state index is 10.9. The second-order valence-electron chi connectivity index (χ2n) is 2.85. The SMILES string of the molecule is [CH2]C(C)C(CC(=O)O)C(=O)C(=O)O. The number of ketones is 1. The van der Waals surface area contributed by atoms with Crippen molar-refractivity contribution in [3.8, 4) is 0 Å². The van der Waals surface area contributed by atoms with Crippen molar-refractivity contribution < 1.29 is 24.6 Å². The summed E-state index contributed by atoms with van der Waals surface area (Å²) >= 11 is 0. The fourth-order valence-corrected chi connectivity index (χ4v) is 0.899. The number of rotatable bonds is 5. The van der Waals surface area contributed by atoms with E-state index in [1.54, 1.807) is 0 Å². The van der Waals surface area contributed by atoms with Gasteiger partial charge in [0.1, 0.15) is 0 Å². The van der Waals surface area contributed by atoms with Crippen molar-refractivity contribution in [1.29, 1.82) is 0 Å². The van der Waals surface area contributed by atoms with Gasteiger partial charge in [0.25, 0.3) is 0 Å². The van der Waals surface area contributed by atoms with Crippen LogP contribution in [0.3, 0.4) is 0 Å². The lowest BCUT2D eigenvalue weighted by molar-refractivity contribution is -0.153. The van der Waals surface area contributed by atoms with E-state index in [9.17, 15) is 14.4 Å². The molecule has 0 aliphatic carbocycles. The molecule has 73 valence electrons. The van der Waals surface area contributed by atoms with E-state index in [4.69, 9.17) is 10.2 Å². The summed E-state index contributed by atoms with van der Waals surface area (Å²) in [7, 11) is 0. The molecule has 2 N–H and O–H groups in total. The van der Waals surface area contributed by atoms with Crippen molar-refractivity contribution in [3.63, 3.8) is 0 Å². The van der Waals surface area contributed by atoms with E-state index < -0.39 is 36.0 Å². The first kappa shape index (κ1) is 11.6. The van der Waals surface area contributed by atoms with Crippen LogP contribution in [0.1, 0.15) is 13.3 Å². The molecule has 13 heavy (non-hydrogen) atoms. The van der Waals surface area contributed by atoms with Gasteiger partial charge in [-0.3, -0.25) is 9.59 Å². The number of hydrogen-bond acceptors (Lipinski definition) is 3. The number of carbonyl (C=O) groups is 3. The minimum Gasteiger partial charge on any atom is -0.481 e. The Morgan fingerprint density at radius 1 is 1.31 bits per heavy atom. The highest BCUT2D eigenvalue weighted by Crippen LogP contribution is 2.16. The first-order chi connectivity index (χ1) is 5.86. The van der Waals surface area contributed by atoms with E-state index in [1.165, 1.54) is 6.92 Å². The molecule has 0 heterocycles. The molecule has 0 fully saturated rings. The summed E-state index contributed by atoms with van der Waals surface area (Å²) in [5.41, 5.74) is 0. The summed E-state index contributed by atoms with van der Waals surface area (Å²) in [4.78, 5) is 31.4. The first-order valence-corrected chi connectivity index (χ1v) is 3.68. The Balaban J connectivity index is 4.51. The van der Waals surface area contributed by atoms with Crippen LogP contribution in [0.4, 0.5) is 0 Å². The van der Waals surface area contributed by atoms with Gasteiger partial charge < -0.3 is 10.2 Å². The van der Waals surface area contributed by atoms with Crippen molar-refractivity contribution in [2.24, 2.45) is 11.8 Å². The van der Waals surface area contributed by atoms with Gasteiger partial charge >= 0.3 is 11.9 Å². The van der Waals surface area contributed by atoms with Crippen LogP contribution in [0, 0.1) is 18.8 Å². The zero-order valence-electron chi connectivity index (χ0n) is 7.19. The molecule has 0 spiro atoms. The van der Waals surface area contributed by atoms with E-state index in [2.05, 4.69) is 6.92 Å². The largest absolute Gasteiger partial charge is 0.481 e. The number of hydrogen-bond donors (Lipinski definition) is 2. The third-order valence-electron chi connectivity index (χ3n) is 1.63. The van der Waals surface area contributed by atoms with Crippen molar-refractivity contribution in [1.82, 2.24) is 0 Å². The Kier molecular flexibility index (Phi) is 4.10. The number of carbonyl (C=O) groups excluding carboxylic acids is 1. The molecule has 5 heteroatoms. The van der Waals surface area contributed by atoms with Crippen LogP contribution in [-0.2, 0) is 14.4 Å². The predicted octanol–water partition coefficient (Wildman–Crippen LogP) is 0.201. The normalized spacial score (nSPS) is 12.5. The third kappa shape index (κ3) is 3.68. The summed E-state index contributed by atoms with van der Waals surface area (Å²) in [6.07, 6.45) is -0.490. The second kappa shape index (κ2) is 4.59.